The van der Waals surface area contributed by atoms with E-state index < -0.39 is 0 Å². The highest BCUT2D eigenvalue weighted by molar-refractivity contribution is 5.86. The molecule has 2 aromatic rings. The Morgan fingerprint density at radius 3 is 2.56 bits per heavy atom. The highest BCUT2D eigenvalue weighted by Gasteiger charge is 2.21. The predicted octanol–water partition coefficient (Wildman–Crippen LogP) is 8.08. The topological polar surface area (TPSA) is 12.0 Å². The van der Waals surface area contributed by atoms with Gasteiger partial charge in [0.15, 0.2) is 0 Å². The molecule has 3 rings (SSSR count). The Balaban J connectivity index is 2.22. The van der Waals surface area contributed by atoms with Gasteiger partial charge >= 0.3 is 0 Å². The molecule has 0 aromatic heterocycles. The third kappa shape index (κ3) is 5.29. The van der Waals surface area contributed by atoms with E-state index in [1.54, 1.807) is 0 Å². The molecule has 2 aromatic carbocycles. The Labute approximate surface area is 194 Å². The molecular formula is C31H35N. The van der Waals surface area contributed by atoms with Crippen molar-refractivity contribution in [3.63, 3.8) is 0 Å². The highest BCUT2D eigenvalue weighted by Crippen LogP contribution is 2.40. The number of allylic oxidation sites excluding steroid dienone is 8. The maximum absolute atomic E-state index is 4.10. The van der Waals surface area contributed by atoms with Crippen LogP contribution in [0.25, 0.3) is 28.9 Å². The molecule has 0 aliphatic heterocycles. The van der Waals surface area contributed by atoms with E-state index in [-0.39, 0.29) is 0 Å². The Bertz CT molecular complexity index is 1100. The predicted molar refractivity (Wildman–Crippen MR) is 144 cm³/mol. The molecule has 0 radical (unpaired) electrons. The van der Waals surface area contributed by atoms with Gasteiger partial charge in [0, 0.05) is 7.05 Å². The van der Waals surface area contributed by atoms with Crippen LogP contribution in [0.5, 0.6) is 0 Å². The third-order valence-corrected chi connectivity index (χ3v) is 5.99. The van der Waals surface area contributed by atoms with Crippen LogP contribution in [0.1, 0.15) is 53.6 Å². The van der Waals surface area contributed by atoms with Crippen LogP contribution in [0.2, 0.25) is 0 Å². The Morgan fingerprint density at radius 1 is 1.09 bits per heavy atom. The lowest BCUT2D eigenvalue weighted by Crippen LogP contribution is -2.07. The molecule has 0 atom stereocenters. The smallest absolute Gasteiger partial charge is 0.00277 e. The molecule has 164 valence electrons. The first-order valence-electron chi connectivity index (χ1n) is 11.5. The van der Waals surface area contributed by atoms with Gasteiger partial charge in [-0.05, 0) is 96.8 Å². The fourth-order valence-corrected chi connectivity index (χ4v) is 4.32. The lowest BCUT2D eigenvalue weighted by molar-refractivity contribution is 0.973. The molecule has 0 unspecified atom stereocenters. The summed E-state index contributed by atoms with van der Waals surface area (Å²) in [5, 5.41) is 3.04. The molecule has 1 nitrogen and oxygen atoms in total. The second kappa shape index (κ2) is 11.3. The van der Waals surface area contributed by atoms with E-state index in [1.165, 1.54) is 44.5 Å². The minimum absolute atomic E-state index is 0.923. The van der Waals surface area contributed by atoms with Crippen molar-refractivity contribution in [2.75, 3.05) is 7.05 Å². The van der Waals surface area contributed by atoms with Crippen LogP contribution >= 0.6 is 0 Å². The van der Waals surface area contributed by atoms with Crippen molar-refractivity contribution >= 4 is 17.7 Å². The van der Waals surface area contributed by atoms with E-state index >= 15 is 0 Å². The van der Waals surface area contributed by atoms with Crippen molar-refractivity contribution < 1.29 is 0 Å². The summed E-state index contributed by atoms with van der Waals surface area (Å²) in [7, 11) is 1.92. The van der Waals surface area contributed by atoms with Gasteiger partial charge in [0.1, 0.15) is 0 Å². The fourth-order valence-electron chi connectivity index (χ4n) is 4.32. The van der Waals surface area contributed by atoms with Crippen LogP contribution in [0.3, 0.4) is 0 Å². The van der Waals surface area contributed by atoms with Crippen molar-refractivity contribution in [2.24, 2.45) is 0 Å². The highest BCUT2D eigenvalue weighted by atomic mass is 14.8. The van der Waals surface area contributed by atoms with Crippen LogP contribution in [0.4, 0.5) is 0 Å². The van der Waals surface area contributed by atoms with Crippen molar-refractivity contribution in [3.8, 4) is 11.1 Å². The van der Waals surface area contributed by atoms with Gasteiger partial charge < -0.3 is 5.32 Å². The van der Waals surface area contributed by atoms with Crippen LogP contribution in [-0.2, 0) is 12.8 Å². The summed E-state index contributed by atoms with van der Waals surface area (Å²) in [6.07, 6.45) is 24.7. The number of hydrogen-bond donors (Lipinski definition) is 1. The molecular weight excluding hydrogens is 386 g/mol. The van der Waals surface area contributed by atoms with E-state index in [0.29, 0.717) is 0 Å². The SMILES string of the molecule is C=C(C)c1ccc(-c2c(/C=C\C=C/C)c(C)c(C/C=C\C=C/NC)c3c2CCC=C3)cc1. The number of benzene rings is 2. The quantitative estimate of drug-likeness (QED) is 0.425. The summed E-state index contributed by atoms with van der Waals surface area (Å²) in [5.74, 6) is 0. The molecule has 0 saturated carbocycles. The number of rotatable bonds is 8. The van der Waals surface area contributed by atoms with Gasteiger partial charge in [-0.3, -0.25) is 0 Å². The zero-order chi connectivity index (χ0) is 22.9. The van der Waals surface area contributed by atoms with Crippen molar-refractivity contribution in [3.05, 3.63) is 113 Å². The molecule has 1 heteroatoms. The first-order chi connectivity index (χ1) is 15.6. The van der Waals surface area contributed by atoms with E-state index in [4.69, 9.17) is 0 Å². The summed E-state index contributed by atoms with van der Waals surface area (Å²) >= 11 is 0. The monoisotopic (exact) mass is 421 g/mol. The van der Waals surface area contributed by atoms with Gasteiger partial charge in [-0.2, -0.15) is 0 Å². The van der Waals surface area contributed by atoms with E-state index in [1.807, 2.05) is 19.3 Å². The minimum atomic E-state index is 0.923. The molecule has 32 heavy (non-hydrogen) atoms. The molecule has 0 amide bonds. The Hall–Kier alpha value is -3.32. The molecule has 0 heterocycles. The number of hydrogen-bond acceptors (Lipinski definition) is 1. The van der Waals surface area contributed by atoms with E-state index in [9.17, 15) is 0 Å². The molecule has 1 aliphatic rings. The molecule has 1 N–H and O–H groups in total. The van der Waals surface area contributed by atoms with Crippen LogP contribution < -0.4 is 5.32 Å². The second-order valence-electron chi connectivity index (χ2n) is 8.25. The zero-order valence-electron chi connectivity index (χ0n) is 19.9. The van der Waals surface area contributed by atoms with Gasteiger partial charge in [0.2, 0.25) is 0 Å². The van der Waals surface area contributed by atoms with Gasteiger partial charge in [0.05, 0.1) is 0 Å². The Kier molecular flexibility index (Phi) is 8.27. The van der Waals surface area contributed by atoms with Crippen LogP contribution in [0.15, 0.2) is 79.6 Å². The Morgan fingerprint density at radius 2 is 1.88 bits per heavy atom. The maximum atomic E-state index is 4.10. The number of fused-ring (bicyclic) bond motifs is 1. The molecule has 0 bridgehead atoms. The summed E-state index contributed by atoms with van der Waals surface area (Å²) in [6.45, 7) is 10.5. The second-order valence-corrected chi connectivity index (χ2v) is 8.25. The minimum Gasteiger partial charge on any atom is -0.394 e. The molecule has 0 saturated heterocycles. The van der Waals surface area contributed by atoms with E-state index in [2.05, 4.69) is 106 Å². The fraction of sp³-hybridized carbons (Fsp3) is 0.226. The zero-order valence-corrected chi connectivity index (χ0v) is 19.9. The molecule has 0 spiro atoms. The lowest BCUT2D eigenvalue weighted by Gasteiger charge is -2.25. The van der Waals surface area contributed by atoms with Crippen molar-refractivity contribution in [1.82, 2.24) is 5.32 Å². The summed E-state index contributed by atoms with van der Waals surface area (Å²) in [5.41, 5.74) is 11.9. The lowest BCUT2D eigenvalue weighted by atomic mass is 9.79. The maximum Gasteiger partial charge on any atom is 0.00277 e. The van der Waals surface area contributed by atoms with Gasteiger partial charge in [-0.1, -0.05) is 85.0 Å². The van der Waals surface area contributed by atoms with Gasteiger partial charge in [-0.15, -0.1) is 0 Å². The summed E-state index contributed by atoms with van der Waals surface area (Å²) in [4.78, 5) is 0. The van der Waals surface area contributed by atoms with E-state index in [0.717, 1.165) is 24.8 Å². The normalized spacial score (nSPS) is 13.6. The summed E-state index contributed by atoms with van der Waals surface area (Å²) in [6, 6.07) is 8.91. The van der Waals surface area contributed by atoms with Crippen molar-refractivity contribution in [2.45, 2.75) is 40.0 Å². The van der Waals surface area contributed by atoms with Gasteiger partial charge in [0.25, 0.3) is 0 Å². The molecule has 1 aliphatic carbocycles. The molecule has 0 fully saturated rings. The van der Waals surface area contributed by atoms with Crippen LogP contribution in [-0.4, -0.2) is 7.05 Å². The third-order valence-electron chi connectivity index (χ3n) is 5.99. The average molecular weight is 422 g/mol. The van der Waals surface area contributed by atoms with Gasteiger partial charge in [-0.25, -0.2) is 0 Å². The number of nitrogens with one attached hydrogen (secondary N) is 1. The first kappa shape index (κ1) is 23.3. The van der Waals surface area contributed by atoms with Crippen LogP contribution in [0, 0.1) is 6.92 Å². The largest absolute Gasteiger partial charge is 0.394 e. The van der Waals surface area contributed by atoms with Crippen molar-refractivity contribution in [1.29, 1.82) is 0 Å². The first-order valence-corrected chi connectivity index (χ1v) is 11.5. The summed E-state index contributed by atoms with van der Waals surface area (Å²) < 4.78 is 0. The average Bonchev–Trinajstić information content (AvgIpc) is 2.81. The standard InChI is InChI=1S/C31H35N/c1-6-7-9-15-28-24(4)27(14-10-8-13-22-32-5)29-16-11-12-17-30(29)31(28)26-20-18-25(19-21-26)23(2)3/h6-11,13,15-16,18-22,32H,2,12,14,17H2,1,3-5H3/b7-6-,10-8-,15-9-,22-13-.